The van der Waals surface area contributed by atoms with E-state index in [2.05, 4.69) is 15.2 Å². The van der Waals surface area contributed by atoms with E-state index in [1.807, 2.05) is 0 Å². The van der Waals surface area contributed by atoms with Crippen LogP contribution in [0.25, 0.3) is 0 Å². The van der Waals surface area contributed by atoms with Crippen molar-refractivity contribution in [3.05, 3.63) is 18.3 Å². The first-order chi connectivity index (χ1) is 14.1. The largest absolute Gasteiger partial charge is 0.379 e. The van der Waals surface area contributed by atoms with Gasteiger partial charge in [0.05, 0.1) is 13.2 Å². The van der Waals surface area contributed by atoms with Crippen molar-refractivity contribution >= 4 is 15.8 Å². The number of hydrogen-bond donors (Lipinski definition) is 1. The molecule has 1 saturated carbocycles. The highest BCUT2D eigenvalue weighted by atomic mass is 32.2. The summed E-state index contributed by atoms with van der Waals surface area (Å²) in [5, 5.41) is 3.53. The molecule has 8 heteroatoms. The Morgan fingerprint density at radius 1 is 0.966 bits per heavy atom. The molecule has 1 aliphatic carbocycles. The zero-order chi connectivity index (χ0) is 20.2. The van der Waals surface area contributed by atoms with Crippen LogP contribution in [0.1, 0.15) is 51.4 Å². The Morgan fingerprint density at radius 2 is 1.66 bits per heavy atom. The molecule has 0 unspecified atom stereocenters. The van der Waals surface area contributed by atoms with Gasteiger partial charge in [0.2, 0.25) is 10.0 Å². The maximum Gasteiger partial charge on any atom is 0.244 e. The lowest BCUT2D eigenvalue weighted by atomic mass is 9.79. The Morgan fingerprint density at radius 3 is 2.31 bits per heavy atom. The third-order valence-corrected chi connectivity index (χ3v) is 8.64. The lowest BCUT2D eigenvalue weighted by Gasteiger charge is -2.48. The van der Waals surface area contributed by atoms with Crippen molar-refractivity contribution in [1.29, 1.82) is 0 Å². The molecule has 7 nitrogen and oxygen atoms in total. The van der Waals surface area contributed by atoms with Crippen molar-refractivity contribution in [2.45, 2.75) is 61.8 Å². The third kappa shape index (κ3) is 4.76. The standard InChI is InChI=1S/C21H34N4O3S/c26-29(27,25-13-15-28-16-14-25)19-7-8-20(22-17-19)23-18-21(9-3-1-4-10-21)24-11-5-2-6-12-24/h7-8,17H,1-6,9-16,18H2,(H,22,23). The first kappa shape index (κ1) is 21.0. The zero-order valence-corrected chi connectivity index (χ0v) is 18.1. The monoisotopic (exact) mass is 422 g/mol. The summed E-state index contributed by atoms with van der Waals surface area (Å²) in [7, 11) is -3.49. The number of hydrogen-bond acceptors (Lipinski definition) is 6. The van der Waals surface area contributed by atoms with Gasteiger partial charge in [0.15, 0.2) is 0 Å². The molecule has 0 amide bonds. The van der Waals surface area contributed by atoms with Crippen LogP contribution in [-0.2, 0) is 14.8 Å². The summed E-state index contributed by atoms with van der Waals surface area (Å²) >= 11 is 0. The minimum atomic E-state index is -3.49. The van der Waals surface area contributed by atoms with Crippen molar-refractivity contribution in [2.24, 2.45) is 0 Å². The fourth-order valence-electron chi connectivity index (χ4n) is 5.01. The molecule has 0 atom stereocenters. The summed E-state index contributed by atoms with van der Waals surface area (Å²) in [4.78, 5) is 7.40. The van der Waals surface area contributed by atoms with E-state index in [1.54, 1.807) is 12.1 Å². The molecule has 3 heterocycles. The molecule has 0 spiro atoms. The van der Waals surface area contributed by atoms with Gasteiger partial charge in [-0.15, -0.1) is 0 Å². The van der Waals surface area contributed by atoms with E-state index in [0.717, 1.165) is 12.4 Å². The first-order valence-electron chi connectivity index (χ1n) is 11.1. The Kier molecular flexibility index (Phi) is 6.73. The Hall–Kier alpha value is -1.22. The molecule has 29 heavy (non-hydrogen) atoms. The van der Waals surface area contributed by atoms with Crippen molar-refractivity contribution in [3.8, 4) is 0 Å². The van der Waals surface area contributed by atoms with Gasteiger partial charge >= 0.3 is 0 Å². The highest BCUT2D eigenvalue weighted by Gasteiger charge is 2.38. The van der Waals surface area contributed by atoms with Crippen LogP contribution in [0.5, 0.6) is 0 Å². The number of pyridine rings is 1. The van der Waals surface area contributed by atoms with E-state index in [4.69, 9.17) is 4.74 Å². The molecular weight excluding hydrogens is 388 g/mol. The van der Waals surface area contributed by atoms with Gasteiger partial charge in [0, 0.05) is 31.4 Å². The van der Waals surface area contributed by atoms with Gasteiger partial charge in [-0.25, -0.2) is 13.4 Å². The van der Waals surface area contributed by atoms with Crippen LogP contribution in [0.2, 0.25) is 0 Å². The number of likely N-dealkylation sites (tertiary alicyclic amines) is 1. The smallest absolute Gasteiger partial charge is 0.244 e. The maximum atomic E-state index is 12.8. The predicted molar refractivity (Wildman–Crippen MR) is 114 cm³/mol. The van der Waals surface area contributed by atoms with E-state index in [0.29, 0.717) is 26.3 Å². The summed E-state index contributed by atoms with van der Waals surface area (Å²) in [5.74, 6) is 0.757. The number of piperidine rings is 1. The second-order valence-electron chi connectivity index (χ2n) is 8.58. The SMILES string of the molecule is O=S(=O)(c1ccc(NCC2(N3CCCCC3)CCCCC2)nc1)N1CCOCC1. The van der Waals surface area contributed by atoms with Gasteiger partial charge in [-0.1, -0.05) is 25.7 Å². The molecule has 1 aromatic heterocycles. The number of nitrogens with one attached hydrogen (secondary N) is 1. The van der Waals surface area contributed by atoms with E-state index in [9.17, 15) is 8.42 Å². The second-order valence-corrected chi connectivity index (χ2v) is 10.5. The lowest BCUT2D eigenvalue weighted by Crippen LogP contribution is -2.56. The Bertz CT molecular complexity index is 751. The summed E-state index contributed by atoms with van der Waals surface area (Å²) in [6.45, 7) is 4.99. The molecule has 162 valence electrons. The topological polar surface area (TPSA) is 74.8 Å². The highest BCUT2D eigenvalue weighted by molar-refractivity contribution is 7.89. The van der Waals surface area contributed by atoms with Crippen LogP contribution in [0.4, 0.5) is 5.82 Å². The lowest BCUT2D eigenvalue weighted by molar-refractivity contribution is 0.0437. The van der Waals surface area contributed by atoms with Crippen LogP contribution in [-0.4, -0.2) is 74.1 Å². The number of nitrogens with zero attached hydrogens (tertiary/aromatic N) is 3. The number of ether oxygens (including phenoxy) is 1. The molecule has 2 saturated heterocycles. The average Bonchev–Trinajstić information content (AvgIpc) is 2.80. The number of rotatable bonds is 6. The van der Waals surface area contributed by atoms with Gasteiger partial charge < -0.3 is 10.1 Å². The molecule has 1 N–H and O–H groups in total. The van der Waals surface area contributed by atoms with Crippen LogP contribution in [0.3, 0.4) is 0 Å². The molecule has 0 bridgehead atoms. The molecule has 0 radical (unpaired) electrons. The van der Waals surface area contributed by atoms with Crippen molar-refractivity contribution in [2.75, 3.05) is 51.3 Å². The number of sulfonamides is 1. The van der Waals surface area contributed by atoms with Crippen molar-refractivity contribution in [1.82, 2.24) is 14.2 Å². The number of anilines is 1. The van der Waals surface area contributed by atoms with E-state index >= 15 is 0 Å². The van der Waals surface area contributed by atoms with Crippen LogP contribution in [0.15, 0.2) is 23.2 Å². The van der Waals surface area contributed by atoms with Crippen LogP contribution < -0.4 is 5.32 Å². The van der Waals surface area contributed by atoms with E-state index in [-0.39, 0.29) is 10.4 Å². The van der Waals surface area contributed by atoms with Crippen LogP contribution in [0, 0.1) is 0 Å². The maximum absolute atomic E-state index is 12.8. The molecule has 4 rings (SSSR count). The van der Waals surface area contributed by atoms with E-state index < -0.39 is 10.0 Å². The van der Waals surface area contributed by atoms with Gasteiger partial charge in [0.25, 0.3) is 0 Å². The van der Waals surface area contributed by atoms with Crippen molar-refractivity contribution < 1.29 is 13.2 Å². The van der Waals surface area contributed by atoms with Crippen LogP contribution >= 0.6 is 0 Å². The Balaban J connectivity index is 1.42. The molecule has 3 fully saturated rings. The number of aromatic nitrogens is 1. The van der Waals surface area contributed by atoms with Crippen molar-refractivity contribution in [3.63, 3.8) is 0 Å². The van der Waals surface area contributed by atoms with Gasteiger partial charge in [-0.2, -0.15) is 4.31 Å². The Labute approximate surface area is 174 Å². The van der Waals surface area contributed by atoms with Gasteiger partial charge in [0.1, 0.15) is 10.7 Å². The fourth-order valence-corrected chi connectivity index (χ4v) is 6.37. The average molecular weight is 423 g/mol. The predicted octanol–water partition coefficient (Wildman–Crippen LogP) is 2.70. The quantitative estimate of drug-likeness (QED) is 0.760. The normalized spacial score (nSPS) is 24.3. The minimum Gasteiger partial charge on any atom is -0.379 e. The second kappa shape index (κ2) is 9.29. The highest BCUT2D eigenvalue weighted by Crippen LogP contribution is 2.35. The molecule has 3 aliphatic rings. The summed E-state index contributed by atoms with van der Waals surface area (Å²) < 4.78 is 32.3. The first-order valence-corrected chi connectivity index (χ1v) is 12.6. The zero-order valence-electron chi connectivity index (χ0n) is 17.3. The minimum absolute atomic E-state index is 0.221. The third-order valence-electron chi connectivity index (χ3n) is 6.75. The molecule has 0 aromatic carbocycles. The molecule has 1 aromatic rings. The summed E-state index contributed by atoms with van der Waals surface area (Å²) in [5.41, 5.74) is 0.221. The summed E-state index contributed by atoms with van der Waals surface area (Å²) in [6, 6.07) is 3.48. The number of morpholine rings is 1. The van der Waals surface area contributed by atoms with E-state index in [1.165, 1.54) is 75.0 Å². The molecular formula is C21H34N4O3S. The fraction of sp³-hybridized carbons (Fsp3) is 0.762. The summed E-state index contributed by atoms with van der Waals surface area (Å²) in [6.07, 6.45) is 11.8. The van der Waals surface area contributed by atoms with Gasteiger partial charge in [-0.05, 0) is 50.9 Å². The van der Waals surface area contributed by atoms with Gasteiger partial charge in [-0.3, -0.25) is 4.90 Å². The molecule has 2 aliphatic heterocycles.